The summed E-state index contributed by atoms with van der Waals surface area (Å²) in [5.74, 6) is 0.757. The normalized spacial score (nSPS) is 21.6. The van der Waals surface area contributed by atoms with E-state index in [9.17, 15) is 4.79 Å². The van der Waals surface area contributed by atoms with E-state index in [1.54, 1.807) is 0 Å². The van der Waals surface area contributed by atoms with Crippen LogP contribution in [-0.4, -0.2) is 36.5 Å². The van der Waals surface area contributed by atoms with Crippen LogP contribution in [0, 0.1) is 5.92 Å². The minimum Gasteiger partial charge on any atom is -0.351 e. The van der Waals surface area contributed by atoms with Gasteiger partial charge in [0, 0.05) is 25.7 Å². The van der Waals surface area contributed by atoms with Crippen LogP contribution in [0.4, 0.5) is 0 Å². The Bertz CT molecular complexity index is 740. The zero-order valence-corrected chi connectivity index (χ0v) is 16.7. The molecule has 1 N–H and O–H groups in total. The first-order valence-electron chi connectivity index (χ1n) is 10.9. The molecule has 1 aliphatic carbocycles. The second kappa shape index (κ2) is 9.38. The molecule has 148 valence electrons. The molecule has 2 aliphatic rings. The maximum absolute atomic E-state index is 13.2. The third kappa shape index (κ3) is 4.82. The Morgan fingerprint density at radius 1 is 0.964 bits per heavy atom. The van der Waals surface area contributed by atoms with Gasteiger partial charge in [0.2, 0.25) is 5.91 Å². The summed E-state index contributed by atoms with van der Waals surface area (Å²) in [7, 11) is 0. The summed E-state index contributed by atoms with van der Waals surface area (Å²) >= 11 is 0. The van der Waals surface area contributed by atoms with E-state index in [2.05, 4.69) is 64.8 Å². The molecule has 0 aromatic heterocycles. The Kier molecular flexibility index (Phi) is 6.43. The van der Waals surface area contributed by atoms with Gasteiger partial charge in [-0.3, -0.25) is 4.79 Å². The SMILES string of the molecule is O=C(N[C@H]1CCN(CCc2ccccc2)C1)C(c1ccccc1)C1CCCC1. The van der Waals surface area contributed by atoms with Crippen molar-refractivity contribution in [1.29, 1.82) is 0 Å². The lowest BCUT2D eigenvalue weighted by molar-refractivity contribution is -0.124. The van der Waals surface area contributed by atoms with Gasteiger partial charge in [-0.05, 0) is 42.7 Å². The molecule has 0 radical (unpaired) electrons. The van der Waals surface area contributed by atoms with Crippen molar-refractivity contribution in [3.05, 3.63) is 71.8 Å². The van der Waals surface area contributed by atoms with E-state index in [1.807, 2.05) is 6.07 Å². The van der Waals surface area contributed by atoms with Crippen LogP contribution < -0.4 is 5.32 Å². The summed E-state index contributed by atoms with van der Waals surface area (Å²) in [6.07, 6.45) is 7.03. The quantitative estimate of drug-likeness (QED) is 0.777. The molecule has 0 spiro atoms. The minimum absolute atomic E-state index is 0.0158. The molecule has 3 nitrogen and oxygen atoms in total. The number of carbonyl (C=O) groups excluding carboxylic acids is 1. The molecule has 2 aromatic rings. The Morgan fingerprint density at radius 2 is 1.64 bits per heavy atom. The first-order chi connectivity index (χ1) is 13.8. The fraction of sp³-hybridized carbons (Fsp3) is 0.480. The number of carbonyl (C=O) groups is 1. The number of amides is 1. The van der Waals surface area contributed by atoms with Crippen molar-refractivity contribution in [3.63, 3.8) is 0 Å². The van der Waals surface area contributed by atoms with Crippen LogP contribution in [0.15, 0.2) is 60.7 Å². The van der Waals surface area contributed by atoms with Crippen molar-refractivity contribution in [2.75, 3.05) is 19.6 Å². The van der Waals surface area contributed by atoms with Crippen molar-refractivity contribution in [3.8, 4) is 0 Å². The summed E-state index contributed by atoms with van der Waals surface area (Å²) in [4.78, 5) is 15.7. The molecule has 2 atom stereocenters. The lowest BCUT2D eigenvalue weighted by atomic mass is 9.84. The number of nitrogens with zero attached hydrogens (tertiary/aromatic N) is 1. The number of rotatable bonds is 7. The summed E-state index contributed by atoms with van der Waals surface area (Å²) in [6.45, 7) is 3.13. The number of benzene rings is 2. The fourth-order valence-electron chi connectivity index (χ4n) is 4.97. The monoisotopic (exact) mass is 376 g/mol. The Balaban J connectivity index is 1.33. The van der Waals surface area contributed by atoms with Crippen LogP contribution in [0.25, 0.3) is 0 Å². The van der Waals surface area contributed by atoms with Crippen LogP contribution in [0.3, 0.4) is 0 Å². The second-order valence-electron chi connectivity index (χ2n) is 8.46. The van der Waals surface area contributed by atoms with Gasteiger partial charge in [0.05, 0.1) is 5.92 Å². The molecule has 1 unspecified atom stereocenters. The number of hydrogen-bond acceptors (Lipinski definition) is 2. The highest BCUT2D eigenvalue weighted by Crippen LogP contribution is 2.37. The van der Waals surface area contributed by atoms with Crippen LogP contribution in [0.2, 0.25) is 0 Å². The van der Waals surface area contributed by atoms with Gasteiger partial charge in [0.1, 0.15) is 0 Å². The third-order valence-corrected chi connectivity index (χ3v) is 6.49. The summed E-state index contributed by atoms with van der Waals surface area (Å²) in [6, 6.07) is 21.4. The molecule has 2 fully saturated rings. The van der Waals surface area contributed by atoms with Crippen molar-refractivity contribution in [2.45, 2.75) is 50.5 Å². The highest BCUT2D eigenvalue weighted by molar-refractivity contribution is 5.84. The maximum atomic E-state index is 13.2. The highest BCUT2D eigenvalue weighted by Gasteiger charge is 2.34. The largest absolute Gasteiger partial charge is 0.351 e. The molecule has 28 heavy (non-hydrogen) atoms. The van der Waals surface area contributed by atoms with Crippen molar-refractivity contribution in [2.24, 2.45) is 5.92 Å². The van der Waals surface area contributed by atoms with Crippen molar-refractivity contribution >= 4 is 5.91 Å². The Morgan fingerprint density at radius 3 is 2.36 bits per heavy atom. The Labute approximate surface area is 169 Å². The van der Waals surface area contributed by atoms with Gasteiger partial charge in [0.25, 0.3) is 0 Å². The molecule has 3 heteroatoms. The van der Waals surface area contributed by atoms with E-state index in [0.717, 1.165) is 32.5 Å². The van der Waals surface area contributed by atoms with E-state index in [0.29, 0.717) is 5.92 Å². The van der Waals surface area contributed by atoms with Gasteiger partial charge < -0.3 is 10.2 Å². The smallest absolute Gasteiger partial charge is 0.228 e. The number of likely N-dealkylation sites (tertiary alicyclic amines) is 1. The number of nitrogens with one attached hydrogen (secondary N) is 1. The minimum atomic E-state index is 0.0158. The fourth-order valence-corrected chi connectivity index (χ4v) is 4.97. The third-order valence-electron chi connectivity index (χ3n) is 6.49. The highest BCUT2D eigenvalue weighted by atomic mass is 16.2. The average molecular weight is 377 g/mol. The topological polar surface area (TPSA) is 32.3 Å². The average Bonchev–Trinajstić information content (AvgIpc) is 3.41. The zero-order chi connectivity index (χ0) is 19.2. The van der Waals surface area contributed by atoms with Crippen molar-refractivity contribution < 1.29 is 4.79 Å². The molecule has 1 saturated carbocycles. The van der Waals surface area contributed by atoms with Crippen LogP contribution in [0.5, 0.6) is 0 Å². The molecule has 1 aliphatic heterocycles. The molecule has 1 heterocycles. The van der Waals surface area contributed by atoms with E-state index >= 15 is 0 Å². The van der Waals surface area contributed by atoms with E-state index in [1.165, 1.54) is 36.8 Å². The van der Waals surface area contributed by atoms with Crippen LogP contribution in [0.1, 0.15) is 49.1 Å². The lowest BCUT2D eigenvalue weighted by Gasteiger charge is -2.25. The van der Waals surface area contributed by atoms with Crippen LogP contribution >= 0.6 is 0 Å². The first-order valence-corrected chi connectivity index (χ1v) is 10.9. The van der Waals surface area contributed by atoms with Gasteiger partial charge in [-0.25, -0.2) is 0 Å². The van der Waals surface area contributed by atoms with Crippen molar-refractivity contribution in [1.82, 2.24) is 10.2 Å². The summed E-state index contributed by atoms with van der Waals surface area (Å²) in [5, 5.41) is 3.40. The standard InChI is InChI=1S/C25H32N2O/c28-25(24(22-13-7-8-14-22)21-11-5-2-6-12-21)26-23-16-18-27(19-23)17-15-20-9-3-1-4-10-20/h1-6,9-12,22-24H,7-8,13-19H2,(H,26,28)/t23-,24?/m0/s1. The molecular weight excluding hydrogens is 344 g/mol. The van der Waals surface area contributed by atoms with Gasteiger partial charge in [-0.15, -0.1) is 0 Å². The predicted octanol–water partition coefficient (Wildman–Crippen LogP) is 4.39. The second-order valence-corrected chi connectivity index (χ2v) is 8.46. The zero-order valence-electron chi connectivity index (χ0n) is 16.7. The lowest BCUT2D eigenvalue weighted by Crippen LogP contribution is -2.41. The van der Waals surface area contributed by atoms with Gasteiger partial charge in [-0.2, -0.15) is 0 Å². The first kappa shape index (κ1) is 19.2. The molecule has 4 rings (SSSR count). The molecule has 0 bridgehead atoms. The Hall–Kier alpha value is -2.13. The van der Waals surface area contributed by atoms with E-state index in [-0.39, 0.29) is 17.9 Å². The molecule has 1 amide bonds. The van der Waals surface area contributed by atoms with Gasteiger partial charge in [0.15, 0.2) is 0 Å². The van der Waals surface area contributed by atoms with E-state index in [4.69, 9.17) is 0 Å². The molecular formula is C25H32N2O. The van der Waals surface area contributed by atoms with E-state index < -0.39 is 0 Å². The molecule has 2 aromatic carbocycles. The number of hydrogen-bond donors (Lipinski definition) is 1. The van der Waals surface area contributed by atoms with Gasteiger partial charge >= 0.3 is 0 Å². The molecule has 1 saturated heterocycles. The maximum Gasteiger partial charge on any atom is 0.228 e. The van der Waals surface area contributed by atoms with Crippen LogP contribution in [-0.2, 0) is 11.2 Å². The predicted molar refractivity (Wildman–Crippen MR) is 114 cm³/mol. The van der Waals surface area contributed by atoms with Gasteiger partial charge in [-0.1, -0.05) is 73.5 Å². The summed E-state index contributed by atoms with van der Waals surface area (Å²) in [5.41, 5.74) is 2.58. The summed E-state index contributed by atoms with van der Waals surface area (Å²) < 4.78 is 0.